The van der Waals surface area contributed by atoms with Gasteiger partial charge in [0.05, 0.1) is 11.9 Å². The number of pyridine rings is 1. The van der Waals surface area contributed by atoms with Gasteiger partial charge in [-0.2, -0.15) is 14.4 Å². The van der Waals surface area contributed by atoms with Crippen molar-refractivity contribution in [2.75, 3.05) is 5.32 Å². The molecule has 3 heterocycles. The Morgan fingerprint density at radius 1 is 1.30 bits per heavy atom. The van der Waals surface area contributed by atoms with Crippen molar-refractivity contribution in [3.63, 3.8) is 0 Å². The van der Waals surface area contributed by atoms with Gasteiger partial charge < -0.3 is 4.98 Å². The van der Waals surface area contributed by atoms with E-state index in [1.165, 1.54) is 12.4 Å². The van der Waals surface area contributed by atoms with E-state index in [0.29, 0.717) is 11.2 Å². The van der Waals surface area contributed by atoms with Crippen LogP contribution in [0.1, 0.15) is 10.4 Å². The van der Waals surface area contributed by atoms with Crippen molar-refractivity contribution in [3.05, 3.63) is 41.3 Å². The summed E-state index contributed by atoms with van der Waals surface area (Å²) < 4.78 is 12.7. The van der Waals surface area contributed by atoms with Crippen LogP contribution in [-0.2, 0) is 0 Å². The van der Waals surface area contributed by atoms with E-state index in [1.54, 1.807) is 0 Å². The van der Waals surface area contributed by atoms with E-state index in [-0.39, 0.29) is 16.7 Å². The maximum atomic E-state index is 12.7. The maximum absolute atomic E-state index is 12.7. The lowest BCUT2D eigenvalue weighted by Crippen LogP contribution is -2.14. The fourth-order valence-electron chi connectivity index (χ4n) is 1.54. The SMILES string of the molecule is O=C(Nc1nc(Cl)c2[nH]cnc2n1)c1ccc(F)nc1. The topological polar surface area (TPSA) is 96.5 Å². The summed E-state index contributed by atoms with van der Waals surface area (Å²) in [6.45, 7) is 0. The van der Waals surface area contributed by atoms with E-state index in [4.69, 9.17) is 11.6 Å². The average Bonchev–Trinajstić information content (AvgIpc) is 2.88. The zero-order chi connectivity index (χ0) is 14.1. The molecule has 3 aromatic rings. The molecule has 3 rings (SSSR count). The van der Waals surface area contributed by atoms with Gasteiger partial charge in [-0.25, -0.2) is 9.97 Å². The molecule has 0 saturated heterocycles. The first kappa shape index (κ1) is 12.4. The molecule has 3 aromatic heterocycles. The number of hydrogen-bond donors (Lipinski definition) is 2. The predicted octanol–water partition coefficient (Wildman–Crippen LogP) is 1.79. The summed E-state index contributed by atoms with van der Waals surface area (Å²) in [5, 5.41) is 2.58. The number of aromatic nitrogens is 5. The minimum absolute atomic E-state index is 0.00363. The molecule has 100 valence electrons. The lowest BCUT2D eigenvalue weighted by Gasteiger charge is -2.03. The number of carbonyl (C=O) groups excluding carboxylic acids is 1. The Morgan fingerprint density at radius 2 is 2.15 bits per heavy atom. The monoisotopic (exact) mass is 292 g/mol. The highest BCUT2D eigenvalue weighted by Crippen LogP contribution is 2.18. The molecule has 0 spiro atoms. The molecule has 20 heavy (non-hydrogen) atoms. The van der Waals surface area contributed by atoms with Crippen LogP contribution < -0.4 is 5.32 Å². The smallest absolute Gasteiger partial charge is 0.259 e. The van der Waals surface area contributed by atoms with E-state index in [2.05, 4.69) is 30.2 Å². The molecule has 0 aliphatic heterocycles. The van der Waals surface area contributed by atoms with Crippen molar-refractivity contribution in [2.24, 2.45) is 0 Å². The molecule has 0 bridgehead atoms. The van der Waals surface area contributed by atoms with Crippen LogP contribution in [-0.4, -0.2) is 30.8 Å². The molecule has 2 N–H and O–H groups in total. The first-order valence-electron chi connectivity index (χ1n) is 5.43. The van der Waals surface area contributed by atoms with Gasteiger partial charge in [0.1, 0.15) is 5.52 Å². The Bertz CT molecular complexity index is 787. The summed E-state index contributed by atoms with van der Waals surface area (Å²) in [5.74, 6) is -1.19. The van der Waals surface area contributed by atoms with Crippen LogP contribution in [0.2, 0.25) is 5.15 Å². The average molecular weight is 293 g/mol. The van der Waals surface area contributed by atoms with E-state index in [1.807, 2.05) is 0 Å². The number of hydrogen-bond acceptors (Lipinski definition) is 5. The molecule has 0 unspecified atom stereocenters. The zero-order valence-electron chi connectivity index (χ0n) is 9.76. The molecule has 1 amide bonds. The Morgan fingerprint density at radius 3 is 2.90 bits per heavy atom. The third-order valence-electron chi connectivity index (χ3n) is 2.46. The van der Waals surface area contributed by atoms with Gasteiger partial charge in [-0.15, -0.1) is 0 Å². The van der Waals surface area contributed by atoms with Gasteiger partial charge >= 0.3 is 0 Å². The number of rotatable bonds is 2. The first-order valence-corrected chi connectivity index (χ1v) is 5.81. The fraction of sp³-hybridized carbons (Fsp3) is 0. The molecule has 0 fully saturated rings. The number of carbonyl (C=O) groups is 1. The van der Waals surface area contributed by atoms with Gasteiger partial charge in [0.25, 0.3) is 5.91 Å². The highest BCUT2D eigenvalue weighted by molar-refractivity contribution is 6.33. The van der Waals surface area contributed by atoms with Gasteiger partial charge in [0.2, 0.25) is 11.9 Å². The number of aromatic amines is 1. The number of nitrogens with zero attached hydrogens (tertiary/aromatic N) is 4. The molecule has 0 radical (unpaired) electrons. The minimum Gasteiger partial charge on any atom is -0.341 e. The fourth-order valence-corrected chi connectivity index (χ4v) is 1.76. The minimum atomic E-state index is -0.668. The molecule has 0 saturated carbocycles. The van der Waals surface area contributed by atoms with E-state index >= 15 is 0 Å². The lowest BCUT2D eigenvalue weighted by molar-refractivity contribution is 0.102. The third-order valence-corrected chi connectivity index (χ3v) is 2.73. The predicted molar refractivity (Wildman–Crippen MR) is 68.8 cm³/mol. The molecule has 9 heteroatoms. The normalized spacial score (nSPS) is 10.7. The van der Waals surface area contributed by atoms with E-state index in [9.17, 15) is 9.18 Å². The van der Waals surface area contributed by atoms with Crippen LogP contribution in [0.4, 0.5) is 10.3 Å². The number of imidazole rings is 1. The van der Waals surface area contributed by atoms with Gasteiger partial charge in [-0.05, 0) is 12.1 Å². The lowest BCUT2D eigenvalue weighted by atomic mass is 10.3. The Balaban J connectivity index is 1.88. The van der Waals surface area contributed by atoms with Gasteiger partial charge in [-0.1, -0.05) is 11.6 Å². The van der Waals surface area contributed by atoms with Crippen molar-refractivity contribution in [2.45, 2.75) is 0 Å². The van der Waals surface area contributed by atoms with Crippen molar-refractivity contribution >= 4 is 34.6 Å². The summed E-state index contributed by atoms with van der Waals surface area (Å²) in [7, 11) is 0. The number of fused-ring (bicyclic) bond motifs is 1. The van der Waals surface area contributed by atoms with Gasteiger partial charge in [0.15, 0.2) is 10.8 Å². The second kappa shape index (κ2) is 4.82. The number of nitrogens with one attached hydrogen (secondary N) is 2. The molecule has 0 aromatic carbocycles. The van der Waals surface area contributed by atoms with Crippen LogP contribution >= 0.6 is 11.6 Å². The highest BCUT2D eigenvalue weighted by atomic mass is 35.5. The molecule has 0 aliphatic carbocycles. The highest BCUT2D eigenvalue weighted by Gasteiger charge is 2.12. The summed E-state index contributed by atoms with van der Waals surface area (Å²) in [4.78, 5) is 29.9. The largest absolute Gasteiger partial charge is 0.341 e. The van der Waals surface area contributed by atoms with Crippen LogP contribution in [0, 0.1) is 5.95 Å². The molecule has 7 nitrogen and oxygen atoms in total. The van der Waals surface area contributed by atoms with E-state index in [0.717, 1.165) is 12.3 Å². The van der Waals surface area contributed by atoms with Crippen LogP contribution in [0.5, 0.6) is 0 Å². The van der Waals surface area contributed by atoms with Crippen molar-refractivity contribution in [3.8, 4) is 0 Å². The quantitative estimate of drug-likeness (QED) is 0.554. The molecule has 0 atom stereocenters. The van der Waals surface area contributed by atoms with E-state index < -0.39 is 11.9 Å². The molecule has 0 aliphatic rings. The Labute approximate surface area is 116 Å². The summed E-state index contributed by atoms with van der Waals surface area (Å²) in [6.07, 6.45) is 2.53. The van der Waals surface area contributed by atoms with Crippen LogP contribution in [0.3, 0.4) is 0 Å². The van der Waals surface area contributed by atoms with Crippen LogP contribution in [0.25, 0.3) is 11.2 Å². The number of H-pyrrole nitrogens is 1. The standard InChI is InChI=1S/C11H6ClFN6O/c12-8-7-9(16-4-15-7)18-11(17-8)19-10(20)5-1-2-6(13)14-3-5/h1-4H,(H2,15,16,17,18,19,20). The number of halogens is 2. The van der Waals surface area contributed by atoms with Gasteiger partial charge in [-0.3, -0.25) is 10.1 Å². The Hall–Kier alpha value is -2.61. The Kier molecular flexibility index (Phi) is 2.99. The van der Waals surface area contributed by atoms with Crippen LogP contribution in [0.15, 0.2) is 24.7 Å². The molecular weight excluding hydrogens is 287 g/mol. The second-order valence-electron chi connectivity index (χ2n) is 3.76. The van der Waals surface area contributed by atoms with Gasteiger partial charge in [0, 0.05) is 6.20 Å². The van der Waals surface area contributed by atoms with Crippen molar-refractivity contribution < 1.29 is 9.18 Å². The summed E-state index contributed by atoms with van der Waals surface area (Å²) in [6, 6.07) is 2.38. The van der Waals surface area contributed by atoms with Crippen molar-refractivity contribution in [1.29, 1.82) is 0 Å². The summed E-state index contributed by atoms with van der Waals surface area (Å²) >= 11 is 5.92. The van der Waals surface area contributed by atoms with Crippen molar-refractivity contribution in [1.82, 2.24) is 24.9 Å². The number of anilines is 1. The zero-order valence-corrected chi connectivity index (χ0v) is 10.5. The third kappa shape index (κ3) is 2.28. The molecular formula is C11H6ClFN6O. The number of amides is 1. The summed E-state index contributed by atoms with van der Waals surface area (Å²) in [5.41, 5.74) is 0.985. The first-order chi connectivity index (χ1) is 9.63. The maximum Gasteiger partial charge on any atom is 0.259 e. The second-order valence-corrected chi connectivity index (χ2v) is 4.12.